The van der Waals surface area contributed by atoms with Gasteiger partial charge in [-0.05, 0) is 50.0 Å². The Balaban J connectivity index is 1.64. The topological polar surface area (TPSA) is 21.7 Å². The average Bonchev–Trinajstić information content (AvgIpc) is 2.99. The van der Waals surface area contributed by atoms with Gasteiger partial charge in [-0.3, -0.25) is 4.90 Å². The van der Waals surface area contributed by atoms with Crippen molar-refractivity contribution in [3.63, 3.8) is 0 Å². The third kappa shape index (κ3) is 3.52. The van der Waals surface area contributed by atoms with E-state index >= 15 is 0 Å². The summed E-state index contributed by atoms with van der Waals surface area (Å²) in [5, 5.41) is 0. The van der Waals surface area contributed by atoms with Gasteiger partial charge in [-0.15, -0.1) is 0 Å². The molecule has 2 aliphatic heterocycles. The van der Waals surface area contributed by atoms with Crippen molar-refractivity contribution in [2.24, 2.45) is 0 Å². The molecule has 3 heteroatoms. The lowest BCUT2D eigenvalue weighted by molar-refractivity contribution is 0.170. The zero-order valence-corrected chi connectivity index (χ0v) is 13.1. The monoisotopic (exact) mass is 289 g/mol. The van der Waals surface area contributed by atoms with Crippen LogP contribution in [-0.2, 0) is 0 Å². The van der Waals surface area contributed by atoms with Crippen LogP contribution in [0.3, 0.4) is 0 Å². The van der Waals surface area contributed by atoms with E-state index in [1.165, 1.54) is 57.2 Å². The van der Waals surface area contributed by atoms with Crippen LogP contribution in [-0.4, -0.2) is 31.2 Å². The van der Waals surface area contributed by atoms with Crippen LogP contribution < -0.4 is 9.47 Å². The van der Waals surface area contributed by atoms with Crippen molar-refractivity contribution in [1.82, 2.24) is 4.90 Å². The van der Waals surface area contributed by atoms with Gasteiger partial charge in [0.05, 0.1) is 0 Å². The van der Waals surface area contributed by atoms with E-state index < -0.39 is 0 Å². The number of unbranched alkanes of at least 4 members (excludes halogenated alkanes) is 3. The van der Waals surface area contributed by atoms with Crippen molar-refractivity contribution in [3.8, 4) is 11.5 Å². The first kappa shape index (κ1) is 14.7. The zero-order chi connectivity index (χ0) is 14.5. The Morgan fingerprint density at radius 1 is 1.10 bits per heavy atom. The Hall–Kier alpha value is -1.22. The standard InChI is InChI=1S/C18H27NO2/c1-2-3-4-5-10-19-11-6-7-16(19)15-8-9-17-18(14-15)21-13-12-20-17/h8-9,14,16H,2-7,10-13H2,1H3. The lowest BCUT2D eigenvalue weighted by Gasteiger charge is -2.26. The molecule has 3 rings (SSSR count). The minimum Gasteiger partial charge on any atom is -0.486 e. The minimum absolute atomic E-state index is 0.572. The first-order valence-corrected chi connectivity index (χ1v) is 8.52. The van der Waals surface area contributed by atoms with Crippen molar-refractivity contribution in [2.45, 2.75) is 51.5 Å². The molecule has 0 radical (unpaired) electrons. The van der Waals surface area contributed by atoms with Gasteiger partial charge >= 0.3 is 0 Å². The van der Waals surface area contributed by atoms with Crippen molar-refractivity contribution in [2.75, 3.05) is 26.3 Å². The highest BCUT2D eigenvalue weighted by Gasteiger charge is 2.26. The number of fused-ring (bicyclic) bond motifs is 1. The van der Waals surface area contributed by atoms with Gasteiger partial charge in [0, 0.05) is 6.04 Å². The summed E-state index contributed by atoms with van der Waals surface area (Å²) in [5.74, 6) is 1.83. The van der Waals surface area contributed by atoms with Crippen LogP contribution in [0, 0.1) is 0 Å². The largest absolute Gasteiger partial charge is 0.486 e. The fourth-order valence-electron chi connectivity index (χ4n) is 3.48. The quantitative estimate of drug-likeness (QED) is 0.733. The fourth-order valence-corrected chi connectivity index (χ4v) is 3.48. The van der Waals surface area contributed by atoms with E-state index in [2.05, 4.69) is 30.0 Å². The Morgan fingerprint density at radius 3 is 2.81 bits per heavy atom. The van der Waals surface area contributed by atoms with Gasteiger partial charge in [0.15, 0.2) is 11.5 Å². The second-order valence-corrected chi connectivity index (χ2v) is 6.16. The van der Waals surface area contributed by atoms with Crippen molar-refractivity contribution < 1.29 is 9.47 Å². The fraction of sp³-hybridized carbons (Fsp3) is 0.667. The van der Waals surface area contributed by atoms with Gasteiger partial charge in [-0.25, -0.2) is 0 Å². The average molecular weight is 289 g/mol. The maximum atomic E-state index is 5.73. The van der Waals surface area contributed by atoms with Crippen LogP contribution in [0.4, 0.5) is 0 Å². The number of ether oxygens (including phenoxy) is 2. The van der Waals surface area contributed by atoms with Gasteiger partial charge < -0.3 is 9.47 Å². The molecule has 0 spiro atoms. The predicted octanol–water partition coefficient (Wildman–Crippen LogP) is 4.18. The third-order valence-corrected chi connectivity index (χ3v) is 4.61. The van der Waals surface area contributed by atoms with E-state index in [0.29, 0.717) is 19.3 Å². The van der Waals surface area contributed by atoms with Gasteiger partial charge in [0.2, 0.25) is 0 Å². The van der Waals surface area contributed by atoms with Crippen LogP contribution in [0.1, 0.15) is 57.1 Å². The summed E-state index contributed by atoms with van der Waals surface area (Å²) in [5.41, 5.74) is 1.40. The normalized spacial score (nSPS) is 21.7. The smallest absolute Gasteiger partial charge is 0.161 e. The number of hydrogen-bond donors (Lipinski definition) is 0. The highest BCUT2D eigenvalue weighted by molar-refractivity contribution is 5.44. The molecule has 1 unspecified atom stereocenters. The Kier molecular flexibility index (Phi) is 5.02. The third-order valence-electron chi connectivity index (χ3n) is 4.61. The molecule has 0 aromatic heterocycles. The Labute approximate surface area is 128 Å². The summed E-state index contributed by atoms with van der Waals surface area (Å²) in [7, 11) is 0. The summed E-state index contributed by atoms with van der Waals surface area (Å²) in [4.78, 5) is 2.65. The van der Waals surface area contributed by atoms with Crippen LogP contribution in [0.5, 0.6) is 11.5 Å². The maximum Gasteiger partial charge on any atom is 0.161 e. The number of benzene rings is 1. The molecule has 3 nitrogen and oxygen atoms in total. The Morgan fingerprint density at radius 2 is 1.95 bits per heavy atom. The molecule has 0 saturated carbocycles. The number of rotatable bonds is 6. The first-order chi connectivity index (χ1) is 10.4. The SMILES string of the molecule is CCCCCCN1CCCC1c1ccc2c(c1)OCCO2. The molecule has 0 amide bonds. The lowest BCUT2D eigenvalue weighted by Crippen LogP contribution is -2.24. The molecule has 116 valence electrons. The van der Waals surface area contributed by atoms with Crippen LogP contribution in [0.2, 0.25) is 0 Å². The molecule has 1 fully saturated rings. The summed E-state index contributed by atoms with van der Waals surface area (Å²) in [6, 6.07) is 7.08. The number of likely N-dealkylation sites (tertiary alicyclic amines) is 1. The number of hydrogen-bond acceptors (Lipinski definition) is 3. The maximum absolute atomic E-state index is 5.73. The van der Waals surface area contributed by atoms with E-state index in [1.54, 1.807) is 0 Å². The van der Waals surface area contributed by atoms with Gasteiger partial charge in [0.1, 0.15) is 13.2 Å². The zero-order valence-electron chi connectivity index (χ0n) is 13.1. The van der Waals surface area contributed by atoms with Crippen molar-refractivity contribution in [3.05, 3.63) is 23.8 Å². The predicted molar refractivity (Wildman–Crippen MR) is 85.1 cm³/mol. The summed E-state index contributed by atoms with van der Waals surface area (Å²) in [6.45, 7) is 6.08. The van der Waals surface area contributed by atoms with Gasteiger partial charge in [-0.2, -0.15) is 0 Å². The van der Waals surface area contributed by atoms with Crippen molar-refractivity contribution >= 4 is 0 Å². The summed E-state index contributed by atoms with van der Waals surface area (Å²) < 4.78 is 11.3. The van der Waals surface area contributed by atoms with E-state index in [0.717, 1.165) is 11.5 Å². The van der Waals surface area contributed by atoms with E-state index in [9.17, 15) is 0 Å². The minimum atomic E-state index is 0.572. The molecule has 1 atom stereocenters. The molecular formula is C18H27NO2. The van der Waals surface area contributed by atoms with E-state index in [-0.39, 0.29) is 0 Å². The van der Waals surface area contributed by atoms with Crippen LogP contribution >= 0.6 is 0 Å². The first-order valence-electron chi connectivity index (χ1n) is 8.52. The summed E-state index contributed by atoms with van der Waals surface area (Å²) in [6.07, 6.45) is 7.95. The molecule has 21 heavy (non-hydrogen) atoms. The Bertz CT molecular complexity index is 461. The molecular weight excluding hydrogens is 262 g/mol. The number of nitrogens with zero attached hydrogens (tertiary/aromatic N) is 1. The van der Waals surface area contributed by atoms with E-state index in [1.807, 2.05) is 0 Å². The molecule has 1 aromatic carbocycles. The lowest BCUT2D eigenvalue weighted by atomic mass is 10.0. The highest BCUT2D eigenvalue weighted by Crippen LogP contribution is 2.38. The van der Waals surface area contributed by atoms with Crippen LogP contribution in [0.15, 0.2) is 18.2 Å². The molecule has 0 aliphatic carbocycles. The molecule has 0 bridgehead atoms. The second-order valence-electron chi connectivity index (χ2n) is 6.16. The molecule has 0 N–H and O–H groups in total. The van der Waals surface area contributed by atoms with E-state index in [4.69, 9.17) is 9.47 Å². The van der Waals surface area contributed by atoms with Crippen LogP contribution in [0.25, 0.3) is 0 Å². The molecule has 2 heterocycles. The highest BCUT2D eigenvalue weighted by atomic mass is 16.6. The molecule has 2 aliphatic rings. The van der Waals surface area contributed by atoms with Crippen molar-refractivity contribution in [1.29, 1.82) is 0 Å². The molecule has 1 saturated heterocycles. The summed E-state index contributed by atoms with van der Waals surface area (Å²) >= 11 is 0. The van der Waals surface area contributed by atoms with Gasteiger partial charge in [-0.1, -0.05) is 32.3 Å². The van der Waals surface area contributed by atoms with Gasteiger partial charge in [0.25, 0.3) is 0 Å². The second kappa shape index (κ2) is 7.17. The molecule has 1 aromatic rings.